The van der Waals surface area contributed by atoms with Gasteiger partial charge in [-0.2, -0.15) is 0 Å². The number of likely N-dealkylation sites (tertiary alicyclic amines) is 1. The van der Waals surface area contributed by atoms with Crippen molar-refractivity contribution in [2.75, 3.05) is 33.3 Å². The zero-order valence-corrected chi connectivity index (χ0v) is 18.5. The number of benzene rings is 2. The molecule has 4 nitrogen and oxygen atoms in total. The Labute approximate surface area is 179 Å². The summed E-state index contributed by atoms with van der Waals surface area (Å²) in [5, 5.41) is 0. The first-order valence-corrected chi connectivity index (χ1v) is 10.7. The molecule has 3 rings (SSSR count). The monoisotopic (exact) mass is 412 g/mol. The quantitative estimate of drug-likeness (QED) is 0.637. The number of amides is 1. The molecular weight excluding hydrogens is 379 g/mol. The predicted octanol–water partition coefficient (Wildman–Crippen LogP) is 4.55. The third-order valence-electron chi connectivity index (χ3n) is 5.87. The Bertz CT molecular complexity index is 820. The van der Waals surface area contributed by atoms with E-state index in [1.54, 1.807) is 14.0 Å². The van der Waals surface area contributed by atoms with Crippen LogP contribution in [-0.2, 0) is 11.3 Å². The molecule has 1 fully saturated rings. The first-order chi connectivity index (χ1) is 14.4. The molecule has 0 aromatic heterocycles. The molecule has 1 aliphatic rings. The molecule has 30 heavy (non-hydrogen) atoms. The fourth-order valence-corrected chi connectivity index (χ4v) is 4.41. The second-order valence-electron chi connectivity index (χ2n) is 8.78. The van der Waals surface area contributed by atoms with Crippen LogP contribution in [0.2, 0.25) is 0 Å². The first kappa shape index (κ1) is 22.3. The Balaban J connectivity index is 1.77. The van der Waals surface area contributed by atoms with Crippen LogP contribution in [0.15, 0.2) is 48.5 Å². The summed E-state index contributed by atoms with van der Waals surface area (Å²) < 4.78 is 18.7. The Morgan fingerprint density at radius 2 is 1.80 bits per heavy atom. The molecule has 0 N–H and O–H groups in total. The zero-order valence-electron chi connectivity index (χ0n) is 18.5. The van der Waals surface area contributed by atoms with Gasteiger partial charge in [-0.1, -0.05) is 38.1 Å². The van der Waals surface area contributed by atoms with E-state index in [0.29, 0.717) is 11.8 Å². The average Bonchev–Trinajstić information content (AvgIpc) is 3.10. The summed E-state index contributed by atoms with van der Waals surface area (Å²) in [4.78, 5) is 16.7. The molecule has 2 atom stereocenters. The average molecular weight is 413 g/mol. The number of ether oxygens (including phenoxy) is 1. The van der Waals surface area contributed by atoms with Gasteiger partial charge in [-0.15, -0.1) is 0 Å². The number of methoxy groups -OCH3 is 1. The fraction of sp³-hybridized carbons (Fsp3) is 0.480. The van der Waals surface area contributed by atoms with Crippen LogP contribution in [0.4, 0.5) is 4.39 Å². The van der Waals surface area contributed by atoms with Crippen LogP contribution in [0, 0.1) is 17.7 Å². The van der Waals surface area contributed by atoms with Crippen molar-refractivity contribution in [2.24, 2.45) is 11.8 Å². The van der Waals surface area contributed by atoms with Crippen molar-refractivity contribution in [1.82, 2.24) is 9.80 Å². The fourth-order valence-electron chi connectivity index (χ4n) is 4.41. The minimum absolute atomic E-state index is 0.121. The van der Waals surface area contributed by atoms with E-state index in [9.17, 15) is 9.18 Å². The summed E-state index contributed by atoms with van der Waals surface area (Å²) in [5.74, 6) is 1.78. The van der Waals surface area contributed by atoms with E-state index in [-0.39, 0.29) is 17.6 Å². The van der Waals surface area contributed by atoms with Gasteiger partial charge >= 0.3 is 0 Å². The molecule has 1 saturated heterocycles. The van der Waals surface area contributed by atoms with Crippen LogP contribution in [0.25, 0.3) is 0 Å². The Hall–Kier alpha value is -2.40. The van der Waals surface area contributed by atoms with E-state index in [1.807, 2.05) is 29.2 Å². The molecule has 1 heterocycles. The van der Waals surface area contributed by atoms with Gasteiger partial charge in [0.05, 0.1) is 7.11 Å². The van der Waals surface area contributed by atoms with Gasteiger partial charge in [-0.25, -0.2) is 4.39 Å². The van der Waals surface area contributed by atoms with E-state index in [0.717, 1.165) is 44.0 Å². The molecule has 0 bridgehead atoms. The molecule has 0 aliphatic carbocycles. The molecule has 162 valence electrons. The maximum atomic E-state index is 13.5. The summed E-state index contributed by atoms with van der Waals surface area (Å²) in [5.41, 5.74) is 2.38. The van der Waals surface area contributed by atoms with E-state index in [1.165, 1.54) is 17.7 Å². The summed E-state index contributed by atoms with van der Waals surface area (Å²) >= 11 is 0. The smallest absolute Gasteiger partial charge is 0.219 e. The molecular formula is C25H33FN2O2. The van der Waals surface area contributed by atoms with Gasteiger partial charge in [0.15, 0.2) is 0 Å². The minimum Gasteiger partial charge on any atom is -0.497 e. The Kier molecular flexibility index (Phi) is 7.48. The number of carbonyl (C=O) groups is 1. The molecule has 0 saturated carbocycles. The van der Waals surface area contributed by atoms with Gasteiger partial charge in [0.2, 0.25) is 5.91 Å². The molecule has 0 spiro atoms. The lowest BCUT2D eigenvalue weighted by molar-refractivity contribution is -0.130. The van der Waals surface area contributed by atoms with Crippen molar-refractivity contribution in [3.8, 4) is 5.75 Å². The second-order valence-corrected chi connectivity index (χ2v) is 8.78. The number of hydrogen-bond donors (Lipinski definition) is 0. The third kappa shape index (κ3) is 5.82. The highest BCUT2D eigenvalue weighted by Gasteiger charge is 2.35. The van der Waals surface area contributed by atoms with Crippen LogP contribution < -0.4 is 4.74 Å². The molecule has 1 amide bonds. The number of rotatable bonds is 8. The van der Waals surface area contributed by atoms with Crippen molar-refractivity contribution in [3.63, 3.8) is 0 Å². The number of carbonyl (C=O) groups excluding carboxylic acids is 1. The predicted molar refractivity (Wildman–Crippen MR) is 118 cm³/mol. The van der Waals surface area contributed by atoms with E-state index in [2.05, 4.69) is 30.9 Å². The summed E-state index contributed by atoms with van der Waals surface area (Å²) in [6.45, 7) is 10.1. The van der Waals surface area contributed by atoms with Crippen LogP contribution in [-0.4, -0.2) is 49.0 Å². The molecule has 5 heteroatoms. The largest absolute Gasteiger partial charge is 0.497 e. The highest BCUT2D eigenvalue weighted by Crippen LogP contribution is 2.34. The number of nitrogens with zero attached hydrogens (tertiary/aromatic N) is 2. The lowest BCUT2D eigenvalue weighted by Gasteiger charge is -2.29. The lowest BCUT2D eigenvalue weighted by atomic mass is 9.88. The summed E-state index contributed by atoms with van der Waals surface area (Å²) in [6, 6.07) is 15.0. The number of halogens is 1. The summed E-state index contributed by atoms with van der Waals surface area (Å²) in [7, 11) is 1.67. The summed E-state index contributed by atoms with van der Waals surface area (Å²) in [6.07, 6.45) is 0. The third-order valence-corrected chi connectivity index (χ3v) is 5.87. The highest BCUT2D eigenvalue weighted by molar-refractivity contribution is 5.73. The molecule has 2 unspecified atom stereocenters. The first-order valence-electron chi connectivity index (χ1n) is 10.7. The van der Waals surface area contributed by atoms with Gasteiger partial charge in [-0.05, 0) is 47.2 Å². The SMILES string of the molecule is COc1ccc(CN2CC(CN(CC(C)C)C(C)=O)C(c3ccc(F)cc3)C2)cc1. The van der Waals surface area contributed by atoms with Gasteiger partial charge in [-0.3, -0.25) is 9.69 Å². The number of hydrogen-bond acceptors (Lipinski definition) is 3. The molecule has 0 radical (unpaired) electrons. The van der Waals surface area contributed by atoms with Crippen molar-refractivity contribution in [3.05, 3.63) is 65.5 Å². The maximum Gasteiger partial charge on any atom is 0.219 e. The van der Waals surface area contributed by atoms with Gasteiger partial charge in [0.1, 0.15) is 11.6 Å². The van der Waals surface area contributed by atoms with E-state index in [4.69, 9.17) is 4.74 Å². The van der Waals surface area contributed by atoms with Gasteiger partial charge in [0, 0.05) is 45.6 Å². The second kappa shape index (κ2) is 10.1. The van der Waals surface area contributed by atoms with Crippen LogP contribution in [0.3, 0.4) is 0 Å². The normalized spacial score (nSPS) is 19.3. The molecule has 2 aromatic carbocycles. The Morgan fingerprint density at radius 3 is 2.37 bits per heavy atom. The Morgan fingerprint density at radius 1 is 1.13 bits per heavy atom. The van der Waals surface area contributed by atoms with Crippen molar-refractivity contribution >= 4 is 5.91 Å². The molecule has 1 aliphatic heterocycles. The van der Waals surface area contributed by atoms with Gasteiger partial charge < -0.3 is 9.64 Å². The van der Waals surface area contributed by atoms with E-state index < -0.39 is 0 Å². The van der Waals surface area contributed by atoms with E-state index >= 15 is 0 Å². The highest BCUT2D eigenvalue weighted by atomic mass is 19.1. The van der Waals surface area contributed by atoms with Gasteiger partial charge in [0.25, 0.3) is 0 Å². The topological polar surface area (TPSA) is 32.8 Å². The van der Waals surface area contributed by atoms with Crippen LogP contribution in [0.1, 0.15) is 37.8 Å². The van der Waals surface area contributed by atoms with Crippen LogP contribution >= 0.6 is 0 Å². The van der Waals surface area contributed by atoms with Crippen molar-refractivity contribution < 1.29 is 13.9 Å². The standard InChI is InChI=1S/C25H33FN2O2/c1-18(2)13-28(19(3)29)16-22-15-27(14-20-5-11-24(30-4)12-6-20)17-25(22)21-7-9-23(26)10-8-21/h5-12,18,22,25H,13-17H2,1-4H3. The van der Waals surface area contributed by atoms with Crippen molar-refractivity contribution in [1.29, 1.82) is 0 Å². The minimum atomic E-state index is -0.214. The van der Waals surface area contributed by atoms with Crippen molar-refractivity contribution in [2.45, 2.75) is 33.2 Å². The lowest BCUT2D eigenvalue weighted by Crippen LogP contribution is -2.38. The van der Waals surface area contributed by atoms with Crippen LogP contribution in [0.5, 0.6) is 5.75 Å². The zero-order chi connectivity index (χ0) is 21.7. The maximum absolute atomic E-state index is 13.5. The molecule has 2 aromatic rings.